The minimum atomic E-state index is -3.53. The highest BCUT2D eigenvalue weighted by molar-refractivity contribution is 7.91. The molecule has 2 rings (SSSR count). The molecule has 0 bridgehead atoms. The molecule has 0 amide bonds. The molecule has 0 unspecified atom stereocenters. The lowest BCUT2D eigenvalue weighted by atomic mass is 10.2. The Labute approximate surface area is 137 Å². The van der Waals surface area contributed by atoms with E-state index in [1.165, 1.54) is 24.3 Å². The van der Waals surface area contributed by atoms with Crippen LogP contribution in [-0.4, -0.2) is 21.5 Å². The minimum Gasteiger partial charge on any atom is -0.372 e. The molecule has 1 N–H and O–H groups in total. The van der Waals surface area contributed by atoms with E-state index in [-0.39, 0.29) is 11.6 Å². The van der Waals surface area contributed by atoms with Gasteiger partial charge in [0.25, 0.3) is 0 Å². The van der Waals surface area contributed by atoms with E-state index in [2.05, 4.69) is 23.5 Å². The summed E-state index contributed by atoms with van der Waals surface area (Å²) in [6.07, 6.45) is 0. The smallest absolute Gasteiger partial charge is 0.236 e. The Bertz CT molecular complexity index is 724. The number of sulfonamides is 1. The molecule has 0 heterocycles. The van der Waals surface area contributed by atoms with Gasteiger partial charge in [-0.15, -0.1) is 0 Å². The maximum absolute atomic E-state index is 12.9. The first kappa shape index (κ1) is 17.3. The number of halogens is 1. The van der Waals surface area contributed by atoms with Gasteiger partial charge in [-0.2, -0.15) is 0 Å². The van der Waals surface area contributed by atoms with E-state index in [9.17, 15) is 12.8 Å². The van der Waals surface area contributed by atoms with Gasteiger partial charge in [-0.25, -0.2) is 12.8 Å². The predicted molar refractivity (Wildman–Crippen MR) is 92.6 cm³/mol. The van der Waals surface area contributed by atoms with Gasteiger partial charge in [0.2, 0.25) is 10.0 Å². The number of nitrogens with one attached hydrogen (secondary N) is 1. The van der Waals surface area contributed by atoms with Gasteiger partial charge in [0.05, 0.1) is 5.75 Å². The van der Waals surface area contributed by atoms with Crippen molar-refractivity contribution in [1.29, 1.82) is 0 Å². The first-order valence-electron chi connectivity index (χ1n) is 7.53. The van der Waals surface area contributed by atoms with Crippen molar-refractivity contribution in [3.8, 4) is 0 Å². The topological polar surface area (TPSA) is 49.4 Å². The van der Waals surface area contributed by atoms with E-state index in [4.69, 9.17) is 0 Å². The molecule has 2 aromatic rings. The molecule has 0 aliphatic heterocycles. The van der Waals surface area contributed by atoms with Gasteiger partial charge >= 0.3 is 0 Å². The highest BCUT2D eigenvalue weighted by Gasteiger charge is 2.12. The van der Waals surface area contributed by atoms with Crippen LogP contribution >= 0.6 is 0 Å². The fraction of sp³-hybridized carbons (Fsp3) is 0.294. The molecule has 0 aliphatic carbocycles. The monoisotopic (exact) mass is 336 g/mol. The Kier molecular flexibility index (Phi) is 5.60. The van der Waals surface area contributed by atoms with Crippen molar-refractivity contribution in [3.63, 3.8) is 0 Å². The largest absolute Gasteiger partial charge is 0.372 e. The molecule has 0 saturated carbocycles. The number of benzene rings is 2. The van der Waals surface area contributed by atoms with Crippen LogP contribution in [0, 0.1) is 5.82 Å². The third kappa shape index (κ3) is 4.96. The quantitative estimate of drug-likeness (QED) is 0.840. The van der Waals surface area contributed by atoms with Crippen LogP contribution in [0.5, 0.6) is 0 Å². The van der Waals surface area contributed by atoms with Gasteiger partial charge in [0.15, 0.2) is 0 Å². The molecular weight excluding hydrogens is 315 g/mol. The number of rotatable bonds is 7. The first-order chi connectivity index (χ1) is 10.9. The second kappa shape index (κ2) is 7.46. The number of nitrogens with zero attached hydrogens (tertiary/aromatic N) is 1. The molecule has 0 aliphatic rings. The molecule has 0 aromatic heterocycles. The van der Waals surface area contributed by atoms with Crippen molar-refractivity contribution in [2.45, 2.75) is 19.6 Å². The van der Waals surface area contributed by atoms with Gasteiger partial charge in [0, 0.05) is 24.5 Å². The second-order valence-electron chi connectivity index (χ2n) is 5.21. The maximum atomic E-state index is 12.9. The van der Waals surface area contributed by atoms with Crippen molar-refractivity contribution in [3.05, 3.63) is 59.9 Å². The third-order valence-corrected chi connectivity index (χ3v) is 4.80. The van der Waals surface area contributed by atoms with Crippen LogP contribution in [0.1, 0.15) is 19.4 Å². The van der Waals surface area contributed by atoms with Crippen molar-refractivity contribution < 1.29 is 12.8 Å². The standard InChI is InChI=1S/C17H21FN2O2S/c1-3-20(4-2)17-11-9-16(10-12-17)19-23(21,22)13-14-5-7-15(18)8-6-14/h5-12,19H,3-4,13H2,1-2H3. The lowest BCUT2D eigenvalue weighted by molar-refractivity contribution is 0.600. The minimum absolute atomic E-state index is 0.189. The summed E-state index contributed by atoms with van der Waals surface area (Å²) in [7, 11) is -3.53. The van der Waals surface area contributed by atoms with E-state index in [0.29, 0.717) is 11.3 Å². The van der Waals surface area contributed by atoms with Gasteiger partial charge in [-0.05, 0) is 55.8 Å². The normalized spacial score (nSPS) is 11.3. The average Bonchev–Trinajstić information content (AvgIpc) is 2.52. The van der Waals surface area contributed by atoms with Gasteiger partial charge in [0.1, 0.15) is 5.82 Å². The zero-order valence-electron chi connectivity index (χ0n) is 13.3. The van der Waals surface area contributed by atoms with Crippen molar-refractivity contribution in [2.24, 2.45) is 0 Å². The van der Waals surface area contributed by atoms with Crippen LogP contribution in [0.25, 0.3) is 0 Å². The van der Waals surface area contributed by atoms with Gasteiger partial charge in [-0.3, -0.25) is 4.72 Å². The van der Waals surface area contributed by atoms with Crippen LogP contribution in [0.3, 0.4) is 0 Å². The van der Waals surface area contributed by atoms with Crippen LogP contribution in [0.4, 0.5) is 15.8 Å². The SMILES string of the molecule is CCN(CC)c1ccc(NS(=O)(=O)Cc2ccc(F)cc2)cc1. The summed E-state index contributed by atoms with van der Waals surface area (Å²) in [6, 6.07) is 12.7. The second-order valence-corrected chi connectivity index (χ2v) is 6.93. The Morgan fingerprint density at radius 2 is 1.52 bits per heavy atom. The molecule has 0 atom stereocenters. The van der Waals surface area contributed by atoms with E-state index < -0.39 is 10.0 Å². The van der Waals surface area contributed by atoms with Crippen molar-refractivity contribution in [2.75, 3.05) is 22.7 Å². The Morgan fingerprint density at radius 3 is 2.04 bits per heavy atom. The molecule has 0 saturated heterocycles. The zero-order chi connectivity index (χ0) is 16.9. The summed E-state index contributed by atoms with van der Waals surface area (Å²) in [4.78, 5) is 2.18. The van der Waals surface area contributed by atoms with Crippen molar-refractivity contribution >= 4 is 21.4 Å². The van der Waals surface area contributed by atoms with Gasteiger partial charge in [-0.1, -0.05) is 12.1 Å². The summed E-state index contributed by atoms with van der Waals surface area (Å²) >= 11 is 0. The molecule has 0 fully saturated rings. The predicted octanol–water partition coefficient (Wildman–Crippen LogP) is 3.61. The number of anilines is 2. The van der Waals surface area contributed by atoms with Gasteiger partial charge < -0.3 is 4.90 Å². The molecule has 0 spiro atoms. The Morgan fingerprint density at radius 1 is 0.957 bits per heavy atom. The lowest BCUT2D eigenvalue weighted by Gasteiger charge is -2.21. The Balaban J connectivity index is 2.06. The van der Waals surface area contributed by atoms with E-state index in [0.717, 1.165) is 18.8 Å². The summed E-state index contributed by atoms with van der Waals surface area (Å²) in [5, 5.41) is 0. The molecular formula is C17H21FN2O2S. The van der Waals surface area contributed by atoms with E-state index >= 15 is 0 Å². The highest BCUT2D eigenvalue weighted by Crippen LogP contribution is 2.19. The third-order valence-electron chi connectivity index (χ3n) is 3.54. The number of hydrogen-bond donors (Lipinski definition) is 1. The van der Waals surface area contributed by atoms with Crippen LogP contribution in [0.2, 0.25) is 0 Å². The summed E-state index contributed by atoms with van der Waals surface area (Å²) in [5.41, 5.74) is 2.11. The molecule has 0 radical (unpaired) electrons. The van der Waals surface area contributed by atoms with E-state index in [1.807, 2.05) is 12.1 Å². The first-order valence-corrected chi connectivity index (χ1v) is 9.18. The van der Waals surface area contributed by atoms with E-state index in [1.54, 1.807) is 12.1 Å². The van der Waals surface area contributed by atoms with Crippen molar-refractivity contribution in [1.82, 2.24) is 0 Å². The van der Waals surface area contributed by atoms with Crippen LogP contribution in [0.15, 0.2) is 48.5 Å². The fourth-order valence-electron chi connectivity index (χ4n) is 2.34. The zero-order valence-corrected chi connectivity index (χ0v) is 14.1. The fourth-order valence-corrected chi connectivity index (χ4v) is 3.54. The average molecular weight is 336 g/mol. The summed E-state index contributed by atoms with van der Waals surface area (Å²) in [6.45, 7) is 5.93. The highest BCUT2D eigenvalue weighted by atomic mass is 32.2. The molecule has 124 valence electrons. The number of hydrogen-bond acceptors (Lipinski definition) is 3. The summed E-state index contributed by atoms with van der Waals surface area (Å²) < 4.78 is 39.7. The Hall–Kier alpha value is -2.08. The van der Waals surface area contributed by atoms with Crippen LogP contribution in [-0.2, 0) is 15.8 Å². The molecule has 4 nitrogen and oxygen atoms in total. The van der Waals surface area contributed by atoms with Crippen LogP contribution < -0.4 is 9.62 Å². The summed E-state index contributed by atoms with van der Waals surface area (Å²) in [5.74, 6) is -0.573. The molecule has 23 heavy (non-hydrogen) atoms. The maximum Gasteiger partial charge on any atom is 0.236 e. The molecule has 2 aromatic carbocycles. The lowest BCUT2D eigenvalue weighted by Crippen LogP contribution is -2.21. The molecule has 6 heteroatoms.